The lowest BCUT2D eigenvalue weighted by Gasteiger charge is -2.16. The number of phenols is 3. The van der Waals surface area contributed by atoms with E-state index in [4.69, 9.17) is 13.9 Å². The Morgan fingerprint density at radius 3 is 2.50 bits per heavy atom. The highest BCUT2D eigenvalue weighted by Gasteiger charge is 2.48. The highest BCUT2D eigenvalue weighted by Crippen LogP contribution is 2.47. The van der Waals surface area contributed by atoms with Gasteiger partial charge in [-0.25, -0.2) is 0 Å². The monoisotopic (exact) mass is 384 g/mol. The molecule has 146 valence electrons. The van der Waals surface area contributed by atoms with Crippen LogP contribution in [-0.4, -0.2) is 34.1 Å². The largest absolute Gasteiger partial charge is 0.508 e. The Hall–Kier alpha value is -3.19. The lowest BCUT2D eigenvalue weighted by Crippen LogP contribution is -2.11. The van der Waals surface area contributed by atoms with Crippen LogP contribution in [0.5, 0.6) is 23.0 Å². The van der Waals surface area contributed by atoms with E-state index in [0.29, 0.717) is 12.0 Å². The molecule has 0 radical (unpaired) electrons. The molecule has 2 aromatic carbocycles. The third-order valence-corrected chi connectivity index (χ3v) is 5.12. The second kappa shape index (κ2) is 6.17. The predicted octanol–water partition coefficient (Wildman–Crippen LogP) is 3.31. The number of fused-ring (bicyclic) bond motifs is 1. The summed E-state index contributed by atoms with van der Waals surface area (Å²) in [5.74, 6) is -0.347. The van der Waals surface area contributed by atoms with Crippen LogP contribution in [0.15, 0.2) is 39.7 Å². The number of hydrogen-bond acceptors (Lipinski definition) is 7. The van der Waals surface area contributed by atoms with E-state index < -0.39 is 0 Å². The zero-order valence-corrected chi connectivity index (χ0v) is 15.6. The van der Waals surface area contributed by atoms with Crippen molar-refractivity contribution in [2.45, 2.75) is 32.0 Å². The standard InChI is InChI=1S/C21H20O7/c1-21(2)17(28-21)7-12-18(14(23)8-15(24)20(12)26-3)13-9-27-16-6-10(22)4-5-11(16)19(13)25/h4-6,8-9,17,22-24H,7H2,1-3H3. The summed E-state index contributed by atoms with van der Waals surface area (Å²) < 4.78 is 16.5. The first-order valence-corrected chi connectivity index (χ1v) is 8.77. The van der Waals surface area contributed by atoms with Crippen LogP contribution in [0, 0.1) is 0 Å². The summed E-state index contributed by atoms with van der Waals surface area (Å²) in [7, 11) is 1.41. The summed E-state index contributed by atoms with van der Waals surface area (Å²) in [5.41, 5.74) is 0.330. The first kappa shape index (κ1) is 18.2. The number of hydrogen-bond donors (Lipinski definition) is 3. The zero-order chi connectivity index (χ0) is 20.2. The second-order valence-corrected chi connectivity index (χ2v) is 7.37. The van der Waals surface area contributed by atoms with Gasteiger partial charge < -0.3 is 29.2 Å². The van der Waals surface area contributed by atoms with Crippen LogP contribution in [0.2, 0.25) is 0 Å². The molecule has 3 N–H and O–H groups in total. The fourth-order valence-electron chi connectivity index (χ4n) is 3.51. The number of methoxy groups -OCH3 is 1. The Balaban J connectivity index is 1.97. The molecule has 1 aromatic heterocycles. The topological polar surface area (TPSA) is 113 Å². The smallest absolute Gasteiger partial charge is 0.200 e. The molecule has 1 atom stereocenters. The van der Waals surface area contributed by atoms with Crippen molar-refractivity contribution in [3.8, 4) is 34.1 Å². The van der Waals surface area contributed by atoms with Crippen LogP contribution >= 0.6 is 0 Å². The minimum atomic E-state index is -0.374. The number of aromatic hydroxyl groups is 3. The fraction of sp³-hybridized carbons (Fsp3) is 0.286. The minimum absolute atomic E-state index is 0.0219. The van der Waals surface area contributed by atoms with Gasteiger partial charge in [0, 0.05) is 29.7 Å². The second-order valence-electron chi connectivity index (χ2n) is 7.37. The highest BCUT2D eigenvalue weighted by molar-refractivity contribution is 5.86. The molecule has 28 heavy (non-hydrogen) atoms. The number of phenolic OH excluding ortho intramolecular Hbond substituents is 3. The molecular weight excluding hydrogens is 364 g/mol. The Kier molecular flexibility index (Phi) is 4.01. The fourth-order valence-corrected chi connectivity index (χ4v) is 3.51. The van der Waals surface area contributed by atoms with Crippen molar-refractivity contribution in [3.05, 3.63) is 46.3 Å². The van der Waals surface area contributed by atoms with Gasteiger partial charge in [0.1, 0.15) is 23.3 Å². The molecule has 1 fully saturated rings. The Bertz CT molecular complexity index is 1140. The number of benzene rings is 2. The van der Waals surface area contributed by atoms with E-state index in [-0.39, 0.29) is 62.2 Å². The van der Waals surface area contributed by atoms with Crippen LogP contribution in [0.25, 0.3) is 22.1 Å². The number of ether oxygens (including phenoxy) is 2. The van der Waals surface area contributed by atoms with E-state index in [1.54, 1.807) is 0 Å². The Morgan fingerprint density at radius 2 is 1.86 bits per heavy atom. The first-order chi connectivity index (χ1) is 13.2. The molecular formula is C21H20O7. The molecule has 0 saturated carbocycles. The normalized spacial score (nSPS) is 17.6. The van der Waals surface area contributed by atoms with Gasteiger partial charge in [-0.15, -0.1) is 0 Å². The van der Waals surface area contributed by atoms with E-state index >= 15 is 0 Å². The molecule has 2 heterocycles. The molecule has 0 spiro atoms. The van der Waals surface area contributed by atoms with Crippen molar-refractivity contribution in [2.75, 3.05) is 7.11 Å². The quantitative estimate of drug-likeness (QED) is 0.592. The van der Waals surface area contributed by atoms with Crippen LogP contribution < -0.4 is 10.2 Å². The molecule has 7 heteroatoms. The van der Waals surface area contributed by atoms with Gasteiger partial charge in [0.25, 0.3) is 0 Å². The lowest BCUT2D eigenvalue weighted by atomic mass is 9.92. The Labute approximate surface area is 160 Å². The van der Waals surface area contributed by atoms with Crippen LogP contribution in [0.3, 0.4) is 0 Å². The maximum atomic E-state index is 13.1. The molecule has 7 nitrogen and oxygen atoms in total. The molecule has 1 saturated heterocycles. The Morgan fingerprint density at radius 1 is 1.14 bits per heavy atom. The van der Waals surface area contributed by atoms with Gasteiger partial charge in [-0.3, -0.25) is 4.79 Å². The molecule has 1 unspecified atom stereocenters. The van der Waals surface area contributed by atoms with Crippen molar-refractivity contribution < 1.29 is 29.2 Å². The molecule has 0 aliphatic carbocycles. The average molecular weight is 384 g/mol. The van der Waals surface area contributed by atoms with Gasteiger partial charge in [-0.1, -0.05) is 0 Å². The van der Waals surface area contributed by atoms with Crippen molar-refractivity contribution in [2.24, 2.45) is 0 Å². The van der Waals surface area contributed by atoms with Crippen LogP contribution in [-0.2, 0) is 11.2 Å². The van der Waals surface area contributed by atoms with Crippen molar-refractivity contribution in [3.63, 3.8) is 0 Å². The molecule has 4 rings (SSSR count). The van der Waals surface area contributed by atoms with Gasteiger partial charge in [-0.05, 0) is 26.0 Å². The summed E-state index contributed by atoms with van der Waals surface area (Å²) in [6.07, 6.45) is 1.42. The van der Waals surface area contributed by atoms with Gasteiger partial charge in [0.15, 0.2) is 11.5 Å². The van der Waals surface area contributed by atoms with Crippen molar-refractivity contribution in [1.29, 1.82) is 0 Å². The van der Waals surface area contributed by atoms with Crippen LogP contribution in [0.1, 0.15) is 19.4 Å². The van der Waals surface area contributed by atoms with Crippen LogP contribution in [0.4, 0.5) is 0 Å². The maximum Gasteiger partial charge on any atom is 0.200 e. The number of rotatable bonds is 4. The summed E-state index contributed by atoms with van der Waals surface area (Å²) in [6, 6.07) is 5.33. The molecule has 1 aliphatic rings. The highest BCUT2D eigenvalue weighted by atomic mass is 16.6. The van der Waals surface area contributed by atoms with Crippen molar-refractivity contribution in [1.82, 2.24) is 0 Å². The summed E-state index contributed by atoms with van der Waals surface area (Å²) in [5, 5.41) is 30.6. The summed E-state index contributed by atoms with van der Waals surface area (Å²) >= 11 is 0. The summed E-state index contributed by atoms with van der Waals surface area (Å²) in [4.78, 5) is 13.1. The van der Waals surface area contributed by atoms with E-state index in [0.717, 1.165) is 6.07 Å². The predicted molar refractivity (Wildman–Crippen MR) is 102 cm³/mol. The molecule has 3 aromatic rings. The summed E-state index contributed by atoms with van der Waals surface area (Å²) in [6.45, 7) is 3.87. The maximum absolute atomic E-state index is 13.1. The molecule has 0 bridgehead atoms. The van der Waals surface area contributed by atoms with E-state index in [9.17, 15) is 20.1 Å². The van der Waals surface area contributed by atoms with Crippen molar-refractivity contribution >= 4 is 11.0 Å². The van der Waals surface area contributed by atoms with Gasteiger partial charge in [-0.2, -0.15) is 0 Å². The molecule has 1 aliphatic heterocycles. The number of epoxide rings is 1. The average Bonchev–Trinajstić information content (AvgIpc) is 3.22. The van der Waals surface area contributed by atoms with E-state index in [1.165, 1.54) is 31.6 Å². The minimum Gasteiger partial charge on any atom is -0.508 e. The van der Waals surface area contributed by atoms with Gasteiger partial charge in [0.2, 0.25) is 5.43 Å². The third kappa shape index (κ3) is 2.84. The van der Waals surface area contributed by atoms with Gasteiger partial charge in [0.05, 0.1) is 29.8 Å². The lowest BCUT2D eigenvalue weighted by molar-refractivity contribution is 0.321. The third-order valence-electron chi connectivity index (χ3n) is 5.12. The zero-order valence-electron chi connectivity index (χ0n) is 15.6. The van der Waals surface area contributed by atoms with E-state index in [2.05, 4.69) is 0 Å². The molecule has 0 amide bonds. The SMILES string of the molecule is COc1c(O)cc(O)c(-c2coc3cc(O)ccc3c2=O)c1CC1OC1(C)C. The first-order valence-electron chi connectivity index (χ1n) is 8.77. The van der Waals surface area contributed by atoms with E-state index in [1.807, 2.05) is 13.8 Å². The van der Waals surface area contributed by atoms with Gasteiger partial charge >= 0.3 is 0 Å².